The molecule has 0 saturated carbocycles. The van der Waals surface area contributed by atoms with Gasteiger partial charge in [-0.2, -0.15) is 0 Å². The molecule has 7 nitrogen and oxygen atoms in total. The standard InChI is InChI=1S/C14H21N3O4/c1-15-9-10-5-3-4-6-11(10)16-14(20)17-12(13(18)19)7-8-21-2/h3-6,12,15H,7-9H2,1-2H3,(H,18,19)(H2,16,17,20). The van der Waals surface area contributed by atoms with Gasteiger partial charge < -0.3 is 25.8 Å². The molecule has 0 radical (unpaired) electrons. The summed E-state index contributed by atoms with van der Waals surface area (Å²) in [5, 5.41) is 17.1. The van der Waals surface area contributed by atoms with Crippen LogP contribution in [-0.4, -0.2) is 43.9 Å². The summed E-state index contributed by atoms with van der Waals surface area (Å²) < 4.78 is 4.83. The van der Waals surface area contributed by atoms with E-state index >= 15 is 0 Å². The first-order valence-electron chi connectivity index (χ1n) is 6.60. The van der Waals surface area contributed by atoms with Crippen molar-refractivity contribution in [1.29, 1.82) is 0 Å². The van der Waals surface area contributed by atoms with E-state index in [-0.39, 0.29) is 13.0 Å². The van der Waals surface area contributed by atoms with Crippen LogP contribution in [0.5, 0.6) is 0 Å². The van der Waals surface area contributed by atoms with Crippen molar-refractivity contribution in [3.05, 3.63) is 29.8 Å². The highest BCUT2D eigenvalue weighted by Gasteiger charge is 2.19. The molecule has 116 valence electrons. The molecular formula is C14H21N3O4. The number of para-hydroxylation sites is 1. The minimum atomic E-state index is -1.09. The molecule has 2 amide bonds. The normalized spacial score (nSPS) is 11.7. The molecule has 1 unspecified atom stereocenters. The fourth-order valence-corrected chi connectivity index (χ4v) is 1.80. The van der Waals surface area contributed by atoms with Gasteiger partial charge in [-0.1, -0.05) is 18.2 Å². The molecule has 0 saturated heterocycles. The minimum absolute atomic E-state index is 0.206. The number of urea groups is 1. The van der Waals surface area contributed by atoms with Crippen LogP contribution in [0, 0.1) is 0 Å². The molecule has 1 aromatic carbocycles. The van der Waals surface area contributed by atoms with E-state index < -0.39 is 18.0 Å². The van der Waals surface area contributed by atoms with Gasteiger partial charge in [0.15, 0.2) is 0 Å². The second kappa shape index (κ2) is 8.93. The highest BCUT2D eigenvalue weighted by Crippen LogP contribution is 2.14. The Bertz CT molecular complexity index is 479. The van der Waals surface area contributed by atoms with Crippen LogP contribution in [0.25, 0.3) is 0 Å². The lowest BCUT2D eigenvalue weighted by atomic mass is 10.2. The predicted molar refractivity (Wildman–Crippen MR) is 79.3 cm³/mol. The molecule has 1 rings (SSSR count). The summed E-state index contributed by atoms with van der Waals surface area (Å²) in [6, 6.07) is 5.77. The minimum Gasteiger partial charge on any atom is -0.480 e. The van der Waals surface area contributed by atoms with Gasteiger partial charge in [0.25, 0.3) is 0 Å². The monoisotopic (exact) mass is 295 g/mol. The van der Waals surface area contributed by atoms with E-state index in [4.69, 9.17) is 9.84 Å². The van der Waals surface area contributed by atoms with Crippen LogP contribution >= 0.6 is 0 Å². The van der Waals surface area contributed by atoms with Gasteiger partial charge in [0, 0.05) is 32.4 Å². The Morgan fingerprint density at radius 3 is 2.67 bits per heavy atom. The summed E-state index contributed by atoms with van der Waals surface area (Å²) in [4.78, 5) is 23.0. The summed E-state index contributed by atoms with van der Waals surface area (Å²) in [6.07, 6.45) is 0.206. The Hall–Kier alpha value is -2.12. The fraction of sp³-hybridized carbons (Fsp3) is 0.429. The first kappa shape index (κ1) is 16.9. The van der Waals surface area contributed by atoms with Gasteiger partial charge >= 0.3 is 12.0 Å². The van der Waals surface area contributed by atoms with Crippen molar-refractivity contribution in [3.63, 3.8) is 0 Å². The number of ether oxygens (including phenoxy) is 1. The Labute approximate surface area is 123 Å². The first-order chi connectivity index (χ1) is 10.1. The van der Waals surface area contributed by atoms with E-state index in [0.29, 0.717) is 12.2 Å². The van der Waals surface area contributed by atoms with Crippen LogP contribution in [0.4, 0.5) is 10.5 Å². The number of aliphatic carboxylic acids is 1. The number of anilines is 1. The lowest BCUT2D eigenvalue weighted by molar-refractivity contribution is -0.139. The number of carboxylic acid groups (broad SMARTS) is 1. The van der Waals surface area contributed by atoms with Gasteiger partial charge in [0.2, 0.25) is 0 Å². The molecule has 0 spiro atoms. The van der Waals surface area contributed by atoms with Gasteiger partial charge in [-0.15, -0.1) is 0 Å². The number of carbonyl (C=O) groups excluding carboxylic acids is 1. The first-order valence-corrected chi connectivity index (χ1v) is 6.60. The topological polar surface area (TPSA) is 99.7 Å². The lowest BCUT2D eigenvalue weighted by Crippen LogP contribution is -2.43. The Morgan fingerprint density at radius 1 is 1.33 bits per heavy atom. The largest absolute Gasteiger partial charge is 0.480 e. The van der Waals surface area contributed by atoms with Crippen molar-refractivity contribution in [3.8, 4) is 0 Å². The maximum absolute atomic E-state index is 11.9. The summed E-state index contributed by atoms with van der Waals surface area (Å²) >= 11 is 0. The predicted octanol–water partition coefficient (Wildman–Crippen LogP) is 1.02. The number of nitrogens with one attached hydrogen (secondary N) is 3. The van der Waals surface area contributed by atoms with Crippen LogP contribution in [0.2, 0.25) is 0 Å². The Morgan fingerprint density at radius 2 is 2.05 bits per heavy atom. The number of methoxy groups -OCH3 is 1. The fourth-order valence-electron chi connectivity index (χ4n) is 1.80. The van der Waals surface area contributed by atoms with Gasteiger partial charge in [-0.25, -0.2) is 9.59 Å². The molecule has 0 aliphatic rings. The third-order valence-electron chi connectivity index (χ3n) is 2.85. The van der Waals surface area contributed by atoms with Crippen LogP contribution < -0.4 is 16.0 Å². The molecule has 4 N–H and O–H groups in total. The van der Waals surface area contributed by atoms with Crippen molar-refractivity contribution in [1.82, 2.24) is 10.6 Å². The van der Waals surface area contributed by atoms with E-state index in [9.17, 15) is 9.59 Å². The van der Waals surface area contributed by atoms with Crippen molar-refractivity contribution >= 4 is 17.7 Å². The van der Waals surface area contributed by atoms with Crippen molar-refractivity contribution in [2.75, 3.05) is 26.1 Å². The molecule has 7 heteroatoms. The zero-order chi connectivity index (χ0) is 15.7. The average Bonchev–Trinajstić information content (AvgIpc) is 2.45. The molecule has 21 heavy (non-hydrogen) atoms. The Kier molecular flexibility index (Phi) is 7.20. The van der Waals surface area contributed by atoms with Crippen molar-refractivity contribution in [2.24, 2.45) is 0 Å². The molecular weight excluding hydrogens is 274 g/mol. The zero-order valence-electron chi connectivity index (χ0n) is 12.2. The van der Waals surface area contributed by atoms with E-state index in [1.807, 2.05) is 19.2 Å². The van der Waals surface area contributed by atoms with Gasteiger partial charge in [0.05, 0.1) is 0 Å². The summed E-state index contributed by atoms with van der Waals surface area (Å²) in [5.41, 5.74) is 1.55. The second-order valence-corrected chi connectivity index (χ2v) is 4.46. The highest BCUT2D eigenvalue weighted by atomic mass is 16.5. The molecule has 0 fully saturated rings. The van der Waals surface area contributed by atoms with Crippen LogP contribution in [0.3, 0.4) is 0 Å². The molecule has 0 heterocycles. The van der Waals surface area contributed by atoms with E-state index in [0.717, 1.165) is 5.56 Å². The van der Waals surface area contributed by atoms with Gasteiger partial charge in [-0.05, 0) is 18.7 Å². The second-order valence-electron chi connectivity index (χ2n) is 4.46. The third-order valence-corrected chi connectivity index (χ3v) is 2.85. The van der Waals surface area contributed by atoms with Crippen molar-refractivity contribution in [2.45, 2.75) is 19.0 Å². The molecule has 1 aromatic rings. The molecule has 0 aromatic heterocycles. The third kappa shape index (κ3) is 5.80. The van der Waals surface area contributed by atoms with E-state index in [2.05, 4.69) is 16.0 Å². The molecule has 0 aliphatic carbocycles. The molecule has 0 bridgehead atoms. The molecule has 0 aliphatic heterocycles. The van der Waals surface area contributed by atoms with E-state index in [1.54, 1.807) is 12.1 Å². The number of benzene rings is 1. The lowest BCUT2D eigenvalue weighted by Gasteiger charge is -2.16. The number of hydrogen-bond donors (Lipinski definition) is 4. The maximum Gasteiger partial charge on any atom is 0.326 e. The quantitative estimate of drug-likeness (QED) is 0.574. The maximum atomic E-state index is 11.9. The van der Waals surface area contributed by atoms with E-state index in [1.165, 1.54) is 7.11 Å². The summed E-state index contributed by atoms with van der Waals surface area (Å²) in [6.45, 7) is 0.857. The van der Waals surface area contributed by atoms with Gasteiger partial charge in [-0.3, -0.25) is 0 Å². The number of carbonyl (C=O) groups is 2. The van der Waals surface area contributed by atoms with Crippen LogP contribution in [0.15, 0.2) is 24.3 Å². The summed E-state index contributed by atoms with van der Waals surface area (Å²) in [7, 11) is 3.29. The van der Waals surface area contributed by atoms with Crippen molar-refractivity contribution < 1.29 is 19.4 Å². The zero-order valence-corrected chi connectivity index (χ0v) is 12.2. The van der Waals surface area contributed by atoms with Crippen LogP contribution in [-0.2, 0) is 16.1 Å². The summed E-state index contributed by atoms with van der Waals surface area (Å²) in [5.74, 6) is -1.09. The smallest absolute Gasteiger partial charge is 0.326 e. The Balaban J connectivity index is 2.65. The highest BCUT2D eigenvalue weighted by molar-refractivity contribution is 5.92. The number of rotatable bonds is 8. The SMILES string of the molecule is CNCc1ccccc1NC(=O)NC(CCOC)C(=O)O. The molecule has 1 atom stereocenters. The number of amides is 2. The average molecular weight is 295 g/mol. The van der Waals surface area contributed by atoms with Crippen LogP contribution in [0.1, 0.15) is 12.0 Å². The van der Waals surface area contributed by atoms with Gasteiger partial charge in [0.1, 0.15) is 6.04 Å². The number of hydrogen-bond acceptors (Lipinski definition) is 4. The number of carboxylic acids is 1.